The van der Waals surface area contributed by atoms with Crippen molar-refractivity contribution in [3.63, 3.8) is 0 Å². The van der Waals surface area contributed by atoms with E-state index >= 15 is 0 Å². The Balaban J connectivity index is 1.19. The normalized spacial score (nSPS) is 11.8. The molecule has 4 nitrogen and oxygen atoms in total. The lowest BCUT2D eigenvalue weighted by atomic mass is 9.99. The highest BCUT2D eigenvalue weighted by molar-refractivity contribution is 6.24. The maximum Gasteiger partial charge on any atom is 0.145 e. The van der Waals surface area contributed by atoms with Gasteiger partial charge in [-0.25, -0.2) is 0 Å². The van der Waals surface area contributed by atoms with Gasteiger partial charge in [0.25, 0.3) is 0 Å². The van der Waals surface area contributed by atoms with Gasteiger partial charge in [0, 0.05) is 38.2 Å². The molecule has 11 rings (SSSR count). The lowest BCUT2D eigenvalue weighted by Gasteiger charge is -2.17. The summed E-state index contributed by atoms with van der Waals surface area (Å²) >= 11 is 0. The fourth-order valence-corrected chi connectivity index (χ4v) is 8.46. The summed E-state index contributed by atoms with van der Waals surface area (Å²) in [6.45, 7) is 0. The summed E-state index contributed by atoms with van der Waals surface area (Å²) in [5.74, 6) is 0. The van der Waals surface area contributed by atoms with Crippen molar-refractivity contribution in [2.75, 3.05) is 0 Å². The largest absolute Gasteiger partial charge is 0.455 e. The minimum absolute atomic E-state index is 0.622. The van der Waals surface area contributed by atoms with Crippen molar-refractivity contribution < 1.29 is 4.42 Å². The van der Waals surface area contributed by atoms with E-state index in [9.17, 15) is 5.26 Å². The Morgan fingerprint density at radius 3 is 1.89 bits per heavy atom. The zero-order chi connectivity index (χ0) is 35.0. The first-order valence-corrected chi connectivity index (χ1v) is 17.8. The van der Waals surface area contributed by atoms with E-state index in [2.05, 4.69) is 167 Å². The summed E-state index contributed by atoms with van der Waals surface area (Å²) in [5.41, 5.74) is 13.0. The molecule has 4 heteroatoms. The van der Waals surface area contributed by atoms with E-state index in [-0.39, 0.29) is 0 Å². The van der Waals surface area contributed by atoms with E-state index in [1.807, 2.05) is 24.3 Å². The predicted molar refractivity (Wildman–Crippen MR) is 218 cm³/mol. The molecule has 0 saturated carbocycles. The Labute approximate surface area is 304 Å². The van der Waals surface area contributed by atoms with Gasteiger partial charge in [-0.3, -0.25) is 0 Å². The van der Waals surface area contributed by atoms with Gasteiger partial charge in [-0.1, -0.05) is 115 Å². The summed E-state index contributed by atoms with van der Waals surface area (Å²) in [6.07, 6.45) is 0. The standard InChI is InChI=1S/C49H29N3O/c50-30-34-15-11-20-36(48(34)52-42-21-7-4-17-37(42)38-18-5-8-22-43(38)52)33-14-10-16-35(28-33)51-44-26-24-32(31-12-2-1-3-13-31)29-41(44)47-45(51)27-25-40-39-19-6-9-23-46(39)53-49(40)47/h1-29H. The molecule has 0 spiro atoms. The van der Waals surface area contributed by atoms with Crippen molar-refractivity contribution in [1.82, 2.24) is 9.13 Å². The molecule has 0 amide bonds. The highest BCUT2D eigenvalue weighted by Gasteiger charge is 2.22. The second kappa shape index (κ2) is 11.3. The molecular weight excluding hydrogens is 647 g/mol. The van der Waals surface area contributed by atoms with E-state index in [4.69, 9.17) is 4.42 Å². The van der Waals surface area contributed by atoms with Crippen LogP contribution in [0.1, 0.15) is 5.56 Å². The van der Waals surface area contributed by atoms with Gasteiger partial charge in [0.05, 0.1) is 38.7 Å². The molecule has 3 aromatic heterocycles. The van der Waals surface area contributed by atoms with Crippen molar-refractivity contribution in [2.45, 2.75) is 0 Å². The lowest BCUT2D eigenvalue weighted by Crippen LogP contribution is -2.01. The third-order valence-electron chi connectivity index (χ3n) is 10.8. The molecule has 0 radical (unpaired) electrons. The summed E-state index contributed by atoms with van der Waals surface area (Å²) in [5, 5.41) is 17.3. The third kappa shape index (κ3) is 4.29. The zero-order valence-electron chi connectivity index (χ0n) is 28.5. The molecule has 0 unspecified atom stereocenters. The molecule has 53 heavy (non-hydrogen) atoms. The van der Waals surface area contributed by atoms with Crippen molar-refractivity contribution in [2.24, 2.45) is 0 Å². The smallest absolute Gasteiger partial charge is 0.145 e. The van der Waals surface area contributed by atoms with Crippen LogP contribution >= 0.6 is 0 Å². The van der Waals surface area contributed by atoms with Crippen LogP contribution < -0.4 is 0 Å². The molecular formula is C49H29N3O. The zero-order valence-corrected chi connectivity index (χ0v) is 28.5. The van der Waals surface area contributed by atoms with E-state index in [1.54, 1.807) is 0 Å². The molecule has 0 bridgehead atoms. The molecule has 0 fully saturated rings. The highest BCUT2D eigenvalue weighted by atomic mass is 16.3. The number of hydrogen-bond acceptors (Lipinski definition) is 2. The second-order valence-electron chi connectivity index (χ2n) is 13.6. The summed E-state index contributed by atoms with van der Waals surface area (Å²) in [7, 11) is 0. The molecule has 3 heterocycles. The van der Waals surface area contributed by atoms with Gasteiger partial charge in [0.2, 0.25) is 0 Å². The van der Waals surface area contributed by atoms with E-state index in [0.717, 1.165) is 93.6 Å². The van der Waals surface area contributed by atoms with Gasteiger partial charge < -0.3 is 13.6 Å². The topological polar surface area (TPSA) is 46.8 Å². The number of nitrogens with zero attached hydrogens (tertiary/aromatic N) is 3. The number of hydrogen-bond donors (Lipinski definition) is 0. The van der Waals surface area contributed by atoms with E-state index < -0.39 is 0 Å². The summed E-state index contributed by atoms with van der Waals surface area (Å²) < 4.78 is 11.3. The van der Waals surface area contributed by atoms with Crippen LogP contribution in [0.2, 0.25) is 0 Å². The van der Waals surface area contributed by atoms with Crippen molar-refractivity contribution in [3.8, 4) is 39.7 Å². The molecule has 0 aliphatic carbocycles. The number of rotatable bonds is 4. The average Bonchev–Trinajstić information content (AvgIpc) is 3.88. The molecule has 8 aromatic carbocycles. The Kier molecular flexibility index (Phi) is 6.28. The minimum Gasteiger partial charge on any atom is -0.455 e. The Bertz CT molecular complexity index is 3250. The third-order valence-corrected chi connectivity index (χ3v) is 10.8. The molecule has 0 N–H and O–H groups in total. The first-order valence-electron chi connectivity index (χ1n) is 17.8. The lowest BCUT2D eigenvalue weighted by molar-refractivity contribution is 0.673. The second-order valence-corrected chi connectivity index (χ2v) is 13.6. The first-order chi connectivity index (χ1) is 26.3. The average molecular weight is 676 g/mol. The molecule has 246 valence electrons. The Morgan fingerprint density at radius 2 is 1.09 bits per heavy atom. The molecule has 11 aromatic rings. The minimum atomic E-state index is 0.622. The SMILES string of the molecule is N#Cc1cccc(-c2cccc(-n3c4ccc(-c5ccccc5)cc4c4c5oc6ccccc6c5ccc43)c2)c1-n1c2ccccc2c2ccccc21. The van der Waals surface area contributed by atoms with Gasteiger partial charge in [-0.15, -0.1) is 0 Å². The van der Waals surface area contributed by atoms with Crippen molar-refractivity contribution >= 4 is 65.6 Å². The van der Waals surface area contributed by atoms with Gasteiger partial charge in [0.15, 0.2) is 0 Å². The maximum absolute atomic E-state index is 10.5. The quantitative estimate of drug-likeness (QED) is 0.186. The highest BCUT2D eigenvalue weighted by Crippen LogP contribution is 2.43. The van der Waals surface area contributed by atoms with Crippen LogP contribution in [0.25, 0.3) is 99.2 Å². The maximum atomic E-state index is 10.5. The Morgan fingerprint density at radius 1 is 0.434 bits per heavy atom. The summed E-state index contributed by atoms with van der Waals surface area (Å²) in [4.78, 5) is 0. The van der Waals surface area contributed by atoms with Crippen LogP contribution in [0.15, 0.2) is 180 Å². The van der Waals surface area contributed by atoms with Crippen LogP contribution in [-0.4, -0.2) is 9.13 Å². The van der Waals surface area contributed by atoms with Crippen LogP contribution in [0, 0.1) is 11.3 Å². The first kappa shape index (κ1) is 29.4. The fraction of sp³-hybridized carbons (Fsp3) is 0. The van der Waals surface area contributed by atoms with Crippen LogP contribution in [0.5, 0.6) is 0 Å². The van der Waals surface area contributed by atoms with Gasteiger partial charge in [-0.05, 0) is 77.4 Å². The van der Waals surface area contributed by atoms with Gasteiger partial charge in [0.1, 0.15) is 17.2 Å². The molecule has 0 aliphatic rings. The van der Waals surface area contributed by atoms with E-state index in [1.165, 1.54) is 5.56 Å². The molecule has 0 atom stereocenters. The summed E-state index contributed by atoms with van der Waals surface area (Å²) in [6, 6.07) is 64.1. The molecule has 0 aliphatic heterocycles. The van der Waals surface area contributed by atoms with Crippen LogP contribution in [-0.2, 0) is 0 Å². The van der Waals surface area contributed by atoms with Crippen molar-refractivity contribution in [3.05, 3.63) is 181 Å². The van der Waals surface area contributed by atoms with E-state index in [0.29, 0.717) is 5.56 Å². The van der Waals surface area contributed by atoms with Gasteiger partial charge in [-0.2, -0.15) is 5.26 Å². The molecule has 0 saturated heterocycles. The van der Waals surface area contributed by atoms with Crippen LogP contribution in [0.3, 0.4) is 0 Å². The monoisotopic (exact) mass is 675 g/mol. The number of fused-ring (bicyclic) bond motifs is 10. The number of benzene rings is 8. The Hall–Kier alpha value is -7.35. The fourth-order valence-electron chi connectivity index (χ4n) is 8.46. The number of furan rings is 1. The number of nitriles is 1. The van der Waals surface area contributed by atoms with Gasteiger partial charge >= 0.3 is 0 Å². The van der Waals surface area contributed by atoms with Crippen LogP contribution in [0.4, 0.5) is 0 Å². The van der Waals surface area contributed by atoms with Crippen molar-refractivity contribution in [1.29, 1.82) is 5.26 Å². The predicted octanol–water partition coefficient (Wildman–Crippen LogP) is 13.0. The number of aromatic nitrogens is 2. The number of para-hydroxylation sites is 4.